The molecule has 1 fully saturated rings. The van der Waals surface area contributed by atoms with E-state index in [0.29, 0.717) is 17.3 Å². The van der Waals surface area contributed by atoms with Gasteiger partial charge in [-0.05, 0) is 74.6 Å². The summed E-state index contributed by atoms with van der Waals surface area (Å²) in [5.41, 5.74) is 3.27. The van der Waals surface area contributed by atoms with Crippen LogP contribution in [0.1, 0.15) is 37.3 Å². The average Bonchev–Trinajstić information content (AvgIpc) is 2.70. The normalized spacial score (nSPS) is 15.3. The van der Waals surface area contributed by atoms with E-state index >= 15 is 0 Å². The summed E-state index contributed by atoms with van der Waals surface area (Å²) in [6.07, 6.45) is 3.29. The number of benzene rings is 2. The maximum Gasteiger partial charge on any atom is 0.261 e. The molecule has 4 nitrogen and oxygen atoms in total. The van der Waals surface area contributed by atoms with Crippen molar-refractivity contribution in [3.05, 3.63) is 58.6 Å². The van der Waals surface area contributed by atoms with Gasteiger partial charge < -0.3 is 15.0 Å². The highest BCUT2D eigenvalue weighted by atomic mass is 35.5. The fraction of sp³-hybridized carbons (Fsp3) is 0.409. The Morgan fingerprint density at radius 2 is 1.85 bits per heavy atom. The van der Waals surface area contributed by atoms with Crippen molar-refractivity contribution < 1.29 is 9.53 Å². The zero-order valence-corrected chi connectivity index (χ0v) is 16.8. The molecule has 1 heterocycles. The molecule has 0 spiro atoms. The van der Waals surface area contributed by atoms with Gasteiger partial charge in [0.1, 0.15) is 5.75 Å². The van der Waals surface area contributed by atoms with E-state index in [-0.39, 0.29) is 5.91 Å². The van der Waals surface area contributed by atoms with Gasteiger partial charge in [-0.1, -0.05) is 23.7 Å². The largest absolute Gasteiger partial charge is 0.481 e. The van der Waals surface area contributed by atoms with Crippen LogP contribution in [0.2, 0.25) is 5.02 Å². The highest BCUT2D eigenvalue weighted by molar-refractivity contribution is 6.31. The van der Waals surface area contributed by atoms with E-state index in [9.17, 15) is 4.79 Å². The van der Waals surface area contributed by atoms with E-state index in [1.165, 1.54) is 24.9 Å². The molecular weight excluding hydrogens is 360 g/mol. The SMILES string of the molecule is Cc1cc(O[C@H](C)C(=O)NCc2ccc(N3CCCCC3)cc2)ccc1Cl. The number of hydrogen-bond donors (Lipinski definition) is 1. The van der Waals surface area contributed by atoms with Crippen molar-refractivity contribution in [2.24, 2.45) is 0 Å². The number of aryl methyl sites for hydroxylation is 1. The molecule has 27 heavy (non-hydrogen) atoms. The third-order valence-electron chi connectivity index (χ3n) is 4.94. The Bertz CT molecular complexity index is 770. The quantitative estimate of drug-likeness (QED) is 0.780. The number of piperidine rings is 1. The molecule has 1 saturated heterocycles. The predicted molar refractivity (Wildman–Crippen MR) is 111 cm³/mol. The molecule has 2 aromatic carbocycles. The van der Waals surface area contributed by atoms with Crippen LogP contribution in [0.15, 0.2) is 42.5 Å². The second-order valence-electron chi connectivity index (χ2n) is 7.10. The molecule has 0 aromatic heterocycles. The number of nitrogens with one attached hydrogen (secondary N) is 1. The van der Waals surface area contributed by atoms with Gasteiger partial charge in [0.15, 0.2) is 6.10 Å². The fourth-order valence-corrected chi connectivity index (χ4v) is 3.38. The van der Waals surface area contributed by atoms with Gasteiger partial charge in [-0.15, -0.1) is 0 Å². The Balaban J connectivity index is 1.49. The van der Waals surface area contributed by atoms with E-state index in [4.69, 9.17) is 16.3 Å². The van der Waals surface area contributed by atoms with Gasteiger partial charge in [0.25, 0.3) is 5.91 Å². The maximum atomic E-state index is 12.3. The van der Waals surface area contributed by atoms with Gasteiger partial charge in [-0.25, -0.2) is 0 Å². The van der Waals surface area contributed by atoms with E-state index in [1.807, 2.05) is 13.0 Å². The number of rotatable bonds is 6. The first-order chi connectivity index (χ1) is 13.0. The molecule has 144 valence electrons. The van der Waals surface area contributed by atoms with E-state index < -0.39 is 6.10 Å². The number of nitrogens with zero attached hydrogens (tertiary/aromatic N) is 1. The molecule has 5 heteroatoms. The summed E-state index contributed by atoms with van der Waals surface area (Å²) in [5.74, 6) is 0.508. The number of carbonyl (C=O) groups excluding carboxylic acids is 1. The smallest absolute Gasteiger partial charge is 0.261 e. The third-order valence-corrected chi connectivity index (χ3v) is 5.36. The standard InChI is InChI=1S/C22H27ClN2O2/c1-16-14-20(10-11-21(16)23)27-17(2)22(26)24-15-18-6-8-19(9-7-18)25-12-4-3-5-13-25/h6-11,14,17H,3-5,12-13,15H2,1-2H3,(H,24,26)/t17-/m1/s1. The lowest BCUT2D eigenvalue weighted by atomic mass is 10.1. The van der Waals surface area contributed by atoms with Gasteiger partial charge >= 0.3 is 0 Å². The minimum atomic E-state index is -0.571. The van der Waals surface area contributed by atoms with Crippen molar-refractivity contribution >= 4 is 23.2 Å². The van der Waals surface area contributed by atoms with Crippen LogP contribution in [0.3, 0.4) is 0 Å². The van der Waals surface area contributed by atoms with Crippen LogP contribution < -0.4 is 15.0 Å². The summed E-state index contributed by atoms with van der Waals surface area (Å²) in [6, 6.07) is 13.8. The van der Waals surface area contributed by atoms with Crippen LogP contribution >= 0.6 is 11.6 Å². The second kappa shape index (κ2) is 9.14. The molecule has 3 rings (SSSR count). The van der Waals surface area contributed by atoms with Crippen molar-refractivity contribution in [1.82, 2.24) is 5.32 Å². The summed E-state index contributed by atoms with van der Waals surface area (Å²) in [6.45, 7) is 6.42. The predicted octanol–water partition coefficient (Wildman–Crippen LogP) is 4.72. The lowest BCUT2D eigenvalue weighted by molar-refractivity contribution is -0.127. The average molecular weight is 387 g/mol. The van der Waals surface area contributed by atoms with Crippen LogP contribution in [0.4, 0.5) is 5.69 Å². The molecule has 0 unspecified atom stereocenters. The van der Waals surface area contributed by atoms with Crippen molar-refractivity contribution in [2.45, 2.75) is 45.8 Å². The first-order valence-corrected chi connectivity index (χ1v) is 9.95. The van der Waals surface area contributed by atoms with Crippen LogP contribution in [0.25, 0.3) is 0 Å². The fourth-order valence-electron chi connectivity index (χ4n) is 3.26. The number of ether oxygens (including phenoxy) is 1. The lowest BCUT2D eigenvalue weighted by Crippen LogP contribution is -2.35. The molecule has 0 radical (unpaired) electrons. The monoisotopic (exact) mass is 386 g/mol. The molecule has 1 atom stereocenters. The minimum Gasteiger partial charge on any atom is -0.481 e. The molecule has 1 aliphatic rings. The highest BCUT2D eigenvalue weighted by Gasteiger charge is 2.15. The number of halogens is 1. The zero-order chi connectivity index (χ0) is 19.2. The molecule has 0 aliphatic carbocycles. The molecule has 0 bridgehead atoms. The molecule has 1 aliphatic heterocycles. The first-order valence-electron chi connectivity index (χ1n) is 9.57. The molecule has 1 N–H and O–H groups in total. The number of hydrogen-bond acceptors (Lipinski definition) is 3. The van der Waals surface area contributed by atoms with Gasteiger partial charge in [0, 0.05) is 30.3 Å². The third kappa shape index (κ3) is 5.39. The van der Waals surface area contributed by atoms with Crippen LogP contribution in [0, 0.1) is 6.92 Å². The van der Waals surface area contributed by atoms with Crippen molar-refractivity contribution in [3.63, 3.8) is 0 Å². The van der Waals surface area contributed by atoms with Crippen LogP contribution in [-0.2, 0) is 11.3 Å². The summed E-state index contributed by atoms with van der Waals surface area (Å²) in [4.78, 5) is 14.7. The molecule has 0 saturated carbocycles. The van der Waals surface area contributed by atoms with Crippen molar-refractivity contribution in [3.8, 4) is 5.75 Å². The van der Waals surface area contributed by atoms with Gasteiger partial charge in [-0.2, -0.15) is 0 Å². The number of amides is 1. The summed E-state index contributed by atoms with van der Waals surface area (Å²) in [7, 11) is 0. The van der Waals surface area contributed by atoms with Gasteiger partial charge in [0.2, 0.25) is 0 Å². The summed E-state index contributed by atoms with van der Waals surface area (Å²) >= 11 is 6.02. The molecule has 2 aromatic rings. The Morgan fingerprint density at radius 1 is 1.15 bits per heavy atom. The highest BCUT2D eigenvalue weighted by Crippen LogP contribution is 2.22. The molecular formula is C22H27ClN2O2. The Hall–Kier alpha value is -2.20. The van der Waals surface area contributed by atoms with Gasteiger partial charge in [-0.3, -0.25) is 4.79 Å². The Morgan fingerprint density at radius 3 is 2.52 bits per heavy atom. The van der Waals surface area contributed by atoms with E-state index in [2.05, 4.69) is 34.5 Å². The van der Waals surface area contributed by atoms with Crippen LogP contribution in [0.5, 0.6) is 5.75 Å². The maximum absolute atomic E-state index is 12.3. The minimum absolute atomic E-state index is 0.136. The zero-order valence-electron chi connectivity index (χ0n) is 16.0. The van der Waals surface area contributed by atoms with Crippen molar-refractivity contribution in [1.29, 1.82) is 0 Å². The topological polar surface area (TPSA) is 41.6 Å². The molecule has 1 amide bonds. The van der Waals surface area contributed by atoms with Crippen LogP contribution in [-0.4, -0.2) is 25.1 Å². The summed E-state index contributed by atoms with van der Waals surface area (Å²) in [5, 5.41) is 3.63. The lowest BCUT2D eigenvalue weighted by Gasteiger charge is -2.28. The van der Waals surface area contributed by atoms with E-state index in [1.54, 1.807) is 19.1 Å². The number of anilines is 1. The summed E-state index contributed by atoms with van der Waals surface area (Å²) < 4.78 is 5.72. The first kappa shape index (κ1) is 19.6. The van der Waals surface area contributed by atoms with Crippen molar-refractivity contribution in [2.75, 3.05) is 18.0 Å². The number of carbonyl (C=O) groups is 1. The van der Waals surface area contributed by atoms with E-state index in [0.717, 1.165) is 24.2 Å². The Labute approximate surface area is 166 Å². The second-order valence-corrected chi connectivity index (χ2v) is 7.51. The Kier molecular flexibility index (Phi) is 6.62. The van der Waals surface area contributed by atoms with Gasteiger partial charge in [0.05, 0.1) is 0 Å².